The topological polar surface area (TPSA) is 85.7 Å². The van der Waals surface area contributed by atoms with Crippen molar-refractivity contribution in [2.45, 2.75) is 25.8 Å². The number of nitrogens with one attached hydrogen (secondary N) is 1. The van der Waals surface area contributed by atoms with Gasteiger partial charge in [0.2, 0.25) is 5.88 Å². The first-order valence-corrected chi connectivity index (χ1v) is 8.65. The molecule has 7 heteroatoms. The molecule has 26 heavy (non-hydrogen) atoms. The van der Waals surface area contributed by atoms with Crippen LogP contribution in [0.1, 0.15) is 29.4 Å². The lowest BCUT2D eigenvalue weighted by molar-refractivity contribution is 0.284. The van der Waals surface area contributed by atoms with Crippen LogP contribution in [0.15, 0.2) is 49.2 Å². The molecule has 0 aliphatic heterocycles. The second-order valence-corrected chi connectivity index (χ2v) is 6.41. The number of ether oxygens (including phenoxy) is 1. The lowest BCUT2D eigenvalue weighted by Crippen LogP contribution is -2.07. The van der Waals surface area contributed by atoms with Crippen LogP contribution < -0.4 is 10.1 Å². The van der Waals surface area contributed by atoms with Crippen LogP contribution >= 0.6 is 0 Å². The van der Waals surface area contributed by atoms with Gasteiger partial charge >= 0.3 is 0 Å². The van der Waals surface area contributed by atoms with E-state index in [0.29, 0.717) is 36.7 Å². The molecule has 132 valence electrons. The Morgan fingerprint density at radius 2 is 2.08 bits per heavy atom. The maximum atomic E-state index is 5.91. The van der Waals surface area contributed by atoms with Gasteiger partial charge in [-0.2, -0.15) is 4.98 Å². The number of hydrogen-bond acceptors (Lipinski definition) is 7. The van der Waals surface area contributed by atoms with Crippen molar-refractivity contribution in [3.05, 3.63) is 66.3 Å². The molecule has 2 atom stereocenters. The quantitative estimate of drug-likeness (QED) is 0.702. The van der Waals surface area contributed by atoms with Gasteiger partial charge in [0.25, 0.3) is 0 Å². The molecule has 1 aliphatic carbocycles. The number of hydrogen-bond donors (Lipinski definition) is 1. The van der Waals surface area contributed by atoms with Gasteiger partial charge in [-0.25, -0.2) is 15.0 Å². The molecular weight excluding hydrogens is 328 g/mol. The molecule has 1 aliphatic rings. The molecule has 1 N–H and O–H groups in total. The first kappa shape index (κ1) is 16.4. The molecule has 0 aromatic carbocycles. The maximum Gasteiger partial charge on any atom is 0.218 e. The Bertz CT molecular complexity index is 858. The van der Waals surface area contributed by atoms with E-state index in [0.717, 1.165) is 23.5 Å². The van der Waals surface area contributed by atoms with E-state index in [4.69, 9.17) is 4.74 Å². The predicted molar refractivity (Wildman–Crippen MR) is 96.7 cm³/mol. The van der Waals surface area contributed by atoms with Gasteiger partial charge in [-0.15, -0.1) is 0 Å². The van der Waals surface area contributed by atoms with Crippen LogP contribution in [0.25, 0.3) is 0 Å². The van der Waals surface area contributed by atoms with Crippen molar-refractivity contribution in [3.8, 4) is 5.88 Å². The van der Waals surface area contributed by atoms with Crippen molar-refractivity contribution < 1.29 is 4.74 Å². The Morgan fingerprint density at radius 3 is 2.88 bits per heavy atom. The molecule has 1 fully saturated rings. The highest BCUT2D eigenvalue weighted by atomic mass is 16.5. The highest BCUT2D eigenvalue weighted by Crippen LogP contribution is 2.46. The molecular formula is C19H20N6O. The third-order valence-corrected chi connectivity index (χ3v) is 4.34. The predicted octanol–water partition coefficient (Wildman–Crippen LogP) is 2.76. The number of rotatable bonds is 7. The van der Waals surface area contributed by atoms with Crippen LogP contribution in [0.4, 0.5) is 5.82 Å². The lowest BCUT2D eigenvalue weighted by atomic mass is 10.2. The maximum absolute atomic E-state index is 5.91. The van der Waals surface area contributed by atoms with Crippen LogP contribution in [0.5, 0.6) is 5.88 Å². The zero-order chi connectivity index (χ0) is 17.8. The van der Waals surface area contributed by atoms with Gasteiger partial charge in [0.15, 0.2) is 0 Å². The van der Waals surface area contributed by atoms with E-state index in [-0.39, 0.29) is 0 Å². The Labute approximate surface area is 151 Å². The standard InChI is InChI=1S/C19H20N6O/c1-13-24-18(23-10-14-8-20-12-21-9-14)7-19(25-13)26-11-15-6-16(15)17-4-2-3-5-22-17/h2-5,7-9,12,15-16H,6,10-11H2,1H3,(H,23,24,25)/t15-,16?/m1/s1. The summed E-state index contributed by atoms with van der Waals surface area (Å²) in [5, 5.41) is 3.26. The SMILES string of the molecule is Cc1nc(NCc2cncnc2)cc(OC[C@H]2CC2c2ccccn2)n1. The monoisotopic (exact) mass is 348 g/mol. The van der Waals surface area contributed by atoms with E-state index in [9.17, 15) is 0 Å². The minimum absolute atomic E-state index is 0.495. The average molecular weight is 348 g/mol. The third kappa shape index (κ3) is 4.11. The summed E-state index contributed by atoms with van der Waals surface area (Å²) in [5.74, 6) is 2.99. The van der Waals surface area contributed by atoms with Crippen LogP contribution in [-0.4, -0.2) is 31.5 Å². The van der Waals surface area contributed by atoms with Crippen molar-refractivity contribution in [2.24, 2.45) is 5.92 Å². The van der Waals surface area contributed by atoms with E-state index < -0.39 is 0 Å². The molecule has 0 saturated heterocycles. The van der Waals surface area contributed by atoms with Crippen LogP contribution in [0.2, 0.25) is 0 Å². The molecule has 4 rings (SSSR count). The fourth-order valence-corrected chi connectivity index (χ4v) is 2.90. The van der Waals surface area contributed by atoms with Gasteiger partial charge in [-0.1, -0.05) is 6.07 Å². The summed E-state index contributed by atoms with van der Waals surface area (Å²) in [7, 11) is 0. The second kappa shape index (κ2) is 7.43. The van der Waals surface area contributed by atoms with Gasteiger partial charge in [0.05, 0.1) is 6.61 Å². The summed E-state index contributed by atoms with van der Waals surface area (Å²) in [6.45, 7) is 3.10. The molecule has 3 aromatic rings. The minimum atomic E-state index is 0.495. The van der Waals surface area contributed by atoms with Crippen molar-refractivity contribution >= 4 is 5.82 Å². The molecule has 1 unspecified atom stereocenters. The summed E-state index contributed by atoms with van der Waals surface area (Å²) in [5.41, 5.74) is 2.13. The van der Waals surface area contributed by atoms with Crippen molar-refractivity contribution in [3.63, 3.8) is 0 Å². The second-order valence-electron chi connectivity index (χ2n) is 6.41. The van der Waals surface area contributed by atoms with Gasteiger partial charge in [0.1, 0.15) is 18.0 Å². The zero-order valence-corrected chi connectivity index (χ0v) is 14.5. The molecule has 0 amide bonds. The fourth-order valence-electron chi connectivity index (χ4n) is 2.90. The number of aromatic nitrogens is 5. The number of aryl methyl sites for hydroxylation is 1. The zero-order valence-electron chi connectivity index (χ0n) is 14.5. The molecule has 7 nitrogen and oxygen atoms in total. The van der Waals surface area contributed by atoms with Crippen LogP contribution in [-0.2, 0) is 6.54 Å². The van der Waals surface area contributed by atoms with Gasteiger partial charge < -0.3 is 10.1 Å². The Hall–Kier alpha value is -3.09. The molecule has 0 bridgehead atoms. The fraction of sp³-hybridized carbons (Fsp3) is 0.316. The summed E-state index contributed by atoms with van der Waals surface area (Å²) >= 11 is 0. The van der Waals surface area contributed by atoms with Crippen LogP contribution in [0.3, 0.4) is 0 Å². The van der Waals surface area contributed by atoms with E-state index in [1.807, 2.05) is 31.3 Å². The highest BCUT2D eigenvalue weighted by molar-refractivity contribution is 5.39. The van der Waals surface area contributed by atoms with Crippen molar-refractivity contribution in [1.82, 2.24) is 24.9 Å². The molecule has 3 aromatic heterocycles. The van der Waals surface area contributed by atoms with Gasteiger partial charge in [-0.05, 0) is 25.5 Å². The summed E-state index contributed by atoms with van der Waals surface area (Å²) in [6.07, 6.45) is 8.02. The molecule has 0 radical (unpaired) electrons. The Kier molecular flexibility index (Phi) is 4.68. The number of nitrogens with zero attached hydrogens (tertiary/aromatic N) is 5. The Balaban J connectivity index is 1.33. The van der Waals surface area contributed by atoms with E-state index >= 15 is 0 Å². The van der Waals surface area contributed by atoms with E-state index in [1.54, 1.807) is 12.4 Å². The first-order valence-electron chi connectivity index (χ1n) is 8.65. The third-order valence-electron chi connectivity index (χ3n) is 4.34. The minimum Gasteiger partial charge on any atom is -0.477 e. The smallest absolute Gasteiger partial charge is 0.218 e. The normalized spacial score (nSPS) is 18.3. The average Bonchev–Trinajstić information content (AvgIpc) is 3.46. The van der Waals surface area contributed by atoms with Crippen LogP contribution in [0, 0.1) is 12.8 Å². The summed E-state index contributed by atoms with van der Waals surface area (Å²) < 4.78 is 5.91. The Morgan fingerprint density at radius 1 is 1.19 bits per heavy atom. The summed E-state index contributed by atoms with van der Waals surface area (Å²) in [4.78, 5) is 21.2. The van der Waals surface area contributed by atoms with E-state index in [2.05, 4.69) is 36.3 Å². The largest absolute Gasteiger partial charge is 0.477 e. The molecule has 0 spiro atoms. The number of pyridine rings is 1. The van der Waals surface area contributed by atoms with Crippen molar-refractivity contribution in [2.75, 3.05) is 11.9 Å². The summed E-state index contributed by atoms with van der Waals surface area (Å²) in [6, 6.07) is 7.88. The first-order chi connectivity index (χ1) is 12.8. The molecule has 1 saturated carbocycles. The number of anilines is 1. The highest BCUT2D eigenvalue weighted by Gasteiger charge is 2.39. The lowest BCUT2D eigenvalue weighted by Gasteiger charge is -2.09. The van der Waals surface area contributed by atoms with Gasteiger partial charge in [0, 0.05) is 54.3 Å². The molecule has 3 heterocycles. The van der Waals surface area contributed by atoms with E-state index in [1.165, 1.54) is 6.33 Å². The van der Waals surface area contributed by atoms with Gasteiger partial charge in [-0.3, -0.25) is 4.98 Å². The van der Waals surface area contributed by atoms with Crippen molar-refractivity contribution in [1.29, 1.82) is 0 Å².